The highest BCUT2D eigenvalue weighted by molar-refractivity contribution is 9.10. The molecule has 0 spiro atoms. The van der Waals surface area contributed by atoms with Gasteiger partial charge in [-0.05, 0) is 23.1 Å². The number of halogens is 1. The molecule has 1 heterocycles. The maximum absolute atomic E-state index is 6.15. The van der Waals surface area contributed by atoms with E-state index in [4.69, 9.17) is 5.73 Å². The molecule has 1 aromatic heterocycles. The Kier molecular flexibility index (Phi) is 4.02. The smallest absolute Gasteiger partial charge is 0.145 e. The molecule has 19 heavy (non-hydrogen) atoms. The SMILES string of the molecule is CC(C)(C)C(N)c1ncc(-c2cccc(Br)c2)cn1. The highest BCUT2D eigenvalue weighted by Gasteiger charge is 2.24. The normalized spacial score (nSPS) is 13.3. The molecule has 2 N–H and O–H groups in total. The van der Waals surface area contributed by atoms with Crippen molar-refractivity contribution < 1.29 is 0 Å². The molecule has 100 valence electrons. The topological polar surface area (TPSA) is 51.8 Å². The average molecular weight is 320 g/mol. The Bertz CT molecular complexity index is 558. The number of hydrogen-bond donors (Lipinski definition) is 1. The molecule has 1 atom stereocenters. The molecule has 1 aromatic carbocycles. The summed E-state index contributed by atoms with van der Waals surface area (Å²) in [4.78, 5) is 8.80. The van der Waals surface area contributed by atoms with Crippen LogP contribution in [-0.2, 0) is 0 Å². The Balaban J connectivity index is 2.29. The van der Waals surface area contributed by atoms with Crippen LogP contribution in [0.2, 0.25) is 0 Å². The summed E-state index contributed by atoms with van der Waals surface area (Å²) >= 11 is 3.46. The lowest BCUT2D eigenvalue weighted by Crippen LogP contribution is -2.28. The zero-order valence-electron chi connectivity index (χ0n) is 11.4. The number of hydrogen-bond acceptors (Lipinski definition) is 3. The summed E-state index contributed by atoms with van der Waals surface area (Å²) in [5.41, 5.74) is 8.19. The molecule has 1 unspecified atom stereocenters. The van der Waals surface area contributed by atoms with Crippen LogP contribution in [0.15, 0.2) is 41.1 Å². The van der Waals surface area contributed by atoms with E-state index in [9.17, 15) is 0 Å². The van der Waals surface area contributed by atoms with E-state index in [1.54, 1.807) is 0 Å². The first kappa shape index (κ1) is 14.2. The van der Waals surface area contributed by atoms with E-state index in [0.29, 0.717) is 5.82 Å². The first-order valence-electron chi connectivity index (χ1n) is 6.21. The van der Waals surface area contributed by atoms with E-state index in [1.165, 1.54) is 0 Å². The molecule has 0 aliphatic rings. The van der Waals surface area contributed by atoms with Crippen LogP contribution in [0.25, 0.3) is 11.1 Å². The van der Waals surface area contributed by atoms with Gasteiger partial charge in [0.25, 0.3) is 0 Å². The van der Waals surface area contributed by atoms with E-state index >= 15 is 0 Å². The maximum atomic E-state index is 6.15. The van der Waals surface area contributed by atoms with Gasteiger partial charge in [0.15, 0.2) is 0 Å². The van der Waals surface area contributed by atoms with Gasteiger partial charge in [0.1, 0.15) is 5.82 Å². The van der Waals surface area contributed by atoms with Crippen LogP contribution < -0.4 is 5.73 Å². The molecular formula is C15H18BrN3. The summed E-state index contributed by atoms with van der Waals surface area (Å²) in [7, 11) is 0. The fraction of sp³-hybridized carbons (Fsp3) is 0.333. The van der Waals surface area contributed by atoms with Gasteiger partial charge in [-0.15, -0.1) is 0 Å². The second-order valence-electron chi connectivity index (χ2n) is 5.68. The molecule has 0 radical (unpaired) electrons. The standard InChI is InChI=1S/C15H18BrN3/c1-15(2,3)13(17)14-18-8-11(9-19-14)10-5-4-6-12(16)7-10/h4-9,13H,17H2,1-3H3. The molecule has 2 rings (SSSR count). The Morgan fingerprint density at radius 2 is 1.74 bits per heavy atom. The Morgan fingerprint density at radius 1 is 1.11 bits per heavy atom. The lowest BCUT2D eigenvalue weighted by atomic mass is 9.87. The predicted octanol–water partition coefficient (Wildman–Crippen LogP) is 3.95. The van der Waals surface area contributed by atoms with Crippen LogP contribution in [0.3, 0.4) is 0 Å². The lowest BCUT2D eigenvalue weighted by Gasteiger charge is -2.25. The highest BCUT2D eigenvalue weighted by atomic mass is 79.9. The van der Waals surface area contributed by atoms with Crippen molar-refractivity contribution >= 4 is 15.9 Å². The number of rotatable bonds is 2. The largest absolute Gasteiger partial charge is 0.321 e. The van der Waals surface area contributed by atoms with Crippen LogP contribution in [0.5, 0.6) is 0 Å². The molecule has 0 fully saturated rings. The average Bonchev–Trinajstić information content (AvgIpc) is 2.37. The predicted molar refractivity (Wildman–Crippen MR) is 81.6 cm³/mol. The van der Waals surface area contributed by atoms with Crippen molar-refractivity contribution in [1.82, 2.24) is 9.97 Å². The molecule has 0 aliphatic heterocycles. The van der Waals surface area contributed by atoms with E-state index in [-0.39, 0.29) is 11.5 Å². The van der Waals surface area contributed by atoms with Crippen molar-refractivity contribution in [3.05, 3.63) is 47.0 Å². The van der Waals surface area contributed by atoms with Gasteiger partial charge >= 0.3 is 0 Å². The summed E-state index contributed by atoms with van der Waals surface area (Å²) in [6.45, 7) is 6.26. The van der Waals surface area contributed by atoms with Crippen molar-refractivity contribution in [2.45, 2.75) is 26.8 Å². The molecule has 0 bridgehead atoms. The van der Waals surface area contributed by atoms with E-state index < -0.39 is 0 Å². The van der Waals surface area contributed by atoms with Crippen molar-refractivity contribution in [3.8, 4) is 11.1 Å². The number of nitrogens with two attached hydrogens (primary N) is 1. The Labute approximate surface area is 122 Å². The number of benzene rings is 1. The van der Waals surface area contributed by atoms with E-state index in [1.807, 2.05) is 36.7 Å². The zero-order valence-corrected chi connectivity index (χ0v) is 13.0. The molecule has 0 aliphatic carbocycles. The summed E-state index contributed by atoms with van der Waals surface area (Å²) < 4.78 is 1.04. The summed E-state index contributed by atoms with van der Waals surface area (Å²) in [5.74, 6) is 0.686. The fourth-order valence-electron chi connectivity index (χ4n) is 1.70. The first-order chi connectivity index (χ1) is 8.88. The molecule has 0 amide bonds. The lowest BCUT2D eigenvalue weighted by molar-refractivity contribution is 0.315. The minimum Gasteiger partial charge on any atom is -0.321 e. The van der Waals surface area contributed by atoms with Crippen molar-refractivity contribution in [1.29, 1.82) is 0 Å². The molecular weight excluding hydrogens is 302 g/mol. The van der Waals surface area contributed by atoms with Gasteiger partial charge in [0.2, 0.25) is 0 Å². The van der Waals surface area contributed by atoms with Crippen LogP contribution in [-0.4, -0.2) is 9.97 Å². The van der Waals surface area contributed by atoms with Gasteiger partial charge < -0.3 is 5.73 Å². The Hall–Kier alpha value is -1.26. The van der Waals surface area contributed by atoms with Gasteiger partial charge in [0.05, 0.1) is 6.04 Å². The van der Waals surface area contributed by atoms with E-state index in [2.05, 4.69) is 46.7 Å². The minimum absolute atomic E-state index is 0.0444. The van der Waals surface area contributed by atoms with Crippen LogP contribution in [0.4, 0.5) is 0 Å². The summed E-state index contributed by atoms with van der Waals surface area (Å²) in [5, 5.41) is 0. The highest BCUT2D eigenvalue weighted by Crippen LogP contribution is 2.29. The number of aromatic nitrogens is 2. The van der Waals surface area contributed by atoms with Crippen molar-refractivity contribution in [2.75, 3.05) is 0 Å². The number of nitrogens with zero attached hydrogens (tertiary/aromatic N) is 2. The van der Waals surface area contributed by atoms with Crippen LogP contribution in [0.1, 0.15) is 32.6 Å². The second kappa shape index (κ2) is 5.39. The molecule has 0 saturated carbocycles. The van der Waals surface area contributed by atoms with Crippen LogP contribution in [0, 0.1) is 5.41 Å². The van der Waals surface area contributed by atoms with Gasteiger partial charge in [-0.2, -0.15) is 0 Å². The third-order valence-corrected chi connectivity index (χ3v) is 3.53. The monoisotopic (exact) mass is 319 g/mol. The molecule has 3 nitrogen and oxygen atoms in total. The van der Waals surface area contributed by atoms with Gasteiger partial charge in [-0.1, -0.05) is 48.8 Å². The maximum Gasteiger partial charge on any atom is 0.145 e. The quantitative estimate of drug-likeness (QED) is 0.911. The summed E-state index contributed by atoms with van der Waals surface area (Å²) in [6, 6.07) is 7.90. The van der Waals surface area contributed by atoms with Crippen LogP contribution >= 0.6 is 15.9 Å². The van der Waals surface area contributed by atoms with E-state index in [0.717, 1.165) is 15.6 Å². The molecule has 0 saturated heterocycles. The van der Waals surface area contributed by atoms with Crippen molar-refractivity contribution in [3.63, 3.8) is 0 Å². The van der Waals surface area contributed by atoms with Gasteiger partial charge in [-0.25, -0.2) is 9.97 Å². The third-order valence-electron chi connectivity index (χ3n) is 3.04. The molecule has 2 aromatic rings. The fourth-order valence-corrected chi connectivity index (χ4v) is 2.10. The molecule has 4 heteroatoms. The minimum atomic E-state index is -0.163. The second-order valence-corrected chi connectivity index (χ2v) is 6.60. The Morgan fingerprint density at radius 3 is 2.26 bits per heavy atom. The summed E-state index contributed by atoms with van der Waals surface area (Å²) in [6.07, 6.45) is 3.66. The first-order valence-corrected chi connectivity index (χ1v) is 7.00. The zero-order chi connectivity index (χ0) is 14.0. The van der Waals surface area contributed by atoms with Crippen molar-refractivity contribution in [2.24, 2.45) is 11.1 Å². The third kappa shape index (κ3) is 3.39. The van der Waals surface area contributed by atoms with Gasteiger partial charge in [-0.3, -0.25) is 0 Å². The van der Waals surface area contributed by atoms with Gasteiger partial charge in [0, 0.05) is 22.4 Å².